The summed E-state index contributed by atoms with van der Waals surface area (Å²) < 4.78 is 11.4. The fourth-order valence-corrected chi connectivity index (χ4v) is 2.46. The molecule has 3 nitrogen and oxygen atoms in total. The predicted octanol–water partition coefficient (Wildman–Crippen LogP) is 2.70. The molecule has 3 rings (SSSR count). The number of nitrogens with zero attached hydrogens (tertiary/aromatic N) is 1. The third-order valence-electron chi connectivity index (χ3n) is 3.49. The van der Waals surface area contributed by atoms with E-state index in [1.54, 1.807) is 0 Å². The average molecular weight is 231 g/mol. The lowest BCUT2D eigenvalue weighted by Crippen LogP contribution is -2.31. The Hall–Kier alpha value is -1.19. The Bertz CT molecular complexity index is 430. The van der Waals surface area contributed by atoms with Gasteiger partial charge in [0.2, 0.25) is 0 Å². The molecule has 90 valence electrons. The number of rotatable bonds is 1. The first-order chi connectivity index (χ1) is 8.27. The molecule has 1 aromatic heterocycles. The number of hydrogen-bond acceptors (Lipinski definition) is 3. The fourth-order valence-electron chi connectivity index (χ4n) is 2.46. The Balaban J connectivity index is 1.78. The van der Waals surface area contributed by atoms with Crippen molar-refractivity contribution in [3.8, 4) is 0 Å². The van der Waals surface area contributed by atoms with E-state index < -0.39 is 0 Å². The molecular weight excluding hydrogens is 214 g/mol. The summed E-state index contributed by atoms with van der Waals surface area (Å²) in [7, 11) is 0. The molecule has 0 bridgehead atoms. The maximum absolute atomic E-state index is 5.70. The van der Waals surface area contributed by atoms with Crippen LogP contribution >= 0.6 is 0 Å². The highest BCUT2D eigenvalue weighted by atomic mass is 16.7. The summed E-state index contributed by atoms with van der Waals surface area (Å²) in [5, 5.41) is 0. The summed E-state index contributed by atoms with van der Waals surface area (Å²) in [5.74, 6) is -0.325. The maximum Gasteiger partial charge on any atom is 0.172 e. The smallest absolute Gasteiger partial charge is 0.172 e. The van der Waals surface area contributed by atoms with Gasteiger partial charge in [-0.3, -0.25) is 4.98 Å². The number of aryl methyl sites for hydroxylation is 1. The molecule has 0 aromatic carbocycles. The second-order valence-electron chi connectivity index (χ2n) is 4.76. The lowest BCUT2D eigenvalue weighted by molar-refractivity contribution is -0.159. The van der Waals surface area contributed by atoms with Gasteiger partial charge in [0.25, 0.3) is 0 Å². The predicted molar refractivity (Wildman–Crippen MR) is 65.4 cm³/mol. The molecule has 3 heteroatoms. The van der Waals surface area contributed by atoms with E-state index in [0.29, 0.717) is 0 Å². The molecule has 1 spiro atoms. The van der Waals surface area contributed by atoms with E-state index >= 15 is 0 Å². The highest BCUT2D eigenvalue weighted by Gasteiger charge is 2.37. The van der Waals surface area contributed by atoms with Gasteiger partial charge in [0.15, 0.2) is 5.79 Å². The Morgan fingerprint density at radius 1 is 1.24 bits per heavy atom. The monoisotopic (exact) mass is 231 g/mol. The van der Waals surface area contributed by atoms with Crippen molar-refractivity contribution in [2.75, 3.05) is 13.2 Å². The second-order valence-corrected chi connectivity index (χ2v) is 4.76. The SMILES string of the molecule is Cc1ccc(C2=CCC3(CC2)OCCO3)nc1. The Morgan fingerprint density at radius 3 is 2.65 bits per heavy atom. The van der Waals surface area contributed by atoms with Crippen molar-refractivity contribution in [1.29, 1.82) is 0 Å². The lowest BCUT2D eigenvalue weighted by Gasteiger charge is -2.30. The summed E-state index contributed by atoms with van der Waals surface area (Å²) in [6.07, 6.45) is 6.90. The van der Waals surface area contributed by atoms with Gasteiger partial charge in [0.05, 0.1) is 18.9 Å². The molecule has 1 saturated heterocycles. The summed E-state index contributed by atoms with van der Waals surface area (Å²) in [5.41, 5.74) is 3.60. The van der Waals surface area contributed by atoms with E-state index in [1.165, 1.54) is 11.1 Å². The van der Waals surface area contributed by atoms with Gasteiger partial charge in [0, 0.05) is 19.0 Å². The van der Waals surface area contributed by atoms with Gasteiger partial charge < -0.3 is 9.47 Å². The van der Waals surface area contributed by atoms with Crippen LogP contribution in [0, 0.1) is 6.92 Å². The van der Waals surface area contributed by atoms with E-state index in [4.69, 9.17) is 9.47 Å². The van der Waals surface area contributed by atoms with Crippen LogP contribution in [0.15, 0.2) is 24.4 Å². The fraction of sp³-hybridized carbons (Fsp3) is 0.500. The van der Waals surface area contributed by atoms with Crippen molar-refractivity contribution in [2.24, 2.45) is 0 Å². The van der Waals surface area contributed by atoms with Crippen molar-refractivity contribution < 1.29 is 9.47 Å². The van der Waals surface area contributed by atoms with Crippen LogP contribution in [0.4, 0.5) is 0 Å². The van der Waals surface area contributed by atoms with Crippen molar-refractivity contribution in [3.63, 3.8) is 0 Å². The lowest BCUT2D eigenvalue weighted by atomic mass is 9.92. The number of ether oxygens (including phenoxy) is 2. The molecular formula is C14H17NO2. The number of pyridine rings is 1. The number of hydrogen-bond donors (Lipinski definition) is 0. The minimum atomic E-state index is -0.325. The molecule has 1 aliphatic heterocycles. The molecule has 0 saturated carbocycles. The van der Waals surface area contributed by atoms with E-state index in [9.17, 15) is 0 Å². The quantitative estimate of drug-likeness (QED) is 0.744. The van der Waals surface area contributed by atoms with Crippen molar-refractivity contribution >= 4 is 5.57 Å². The largest absolute Gasteiger partial charge is 0.347 e. The summed E-state index contributed by atoms with van der Waals surface area (Å²) >= 11 is 0. The van der Waals surface area contributed by atoms with Gasteiger partial charge in [-0.1, -0.05) is 12.1 Å². The van der Waals surface area contributed by atoms with Crippen LogP contribution in [0.3, 0.4) is 0 Å². The van der Waals surface area contributed by atoms with Gasteiger partial charge in [-0.2, -0.15) is 0 Å². The summed E-state index contributed by atoms with van der Waals surface area (Å²) in [4.78, 5) is 4.47. The van der Waals surface area contributed by atoms with Crippen LogP contribution < -0.4 is 0 Å². The Labute approximate surface area is 101 Å². The number of aromatic nitrogens is 1. The molecule has 0 N–H and O–H groups in total. The van der Waals surface area contributed by atoms with Gasteiger partial charge >= 0.3 is 0 Å². The standard InChI is InChI=1S/C14H17NO2/c1-11-2-3-13(15-10-11)12-4-6-14(7-5-12)16-8-9-17-14/h2-4,10H,5-9H2,1H3. The van der Waals surface area contributed by atoms with Gasteiger partial charge in [-0.05, 0) is 30.5 Å². The first kappa shape index (κ1) is 10.9. The summed E-state index contributed by atoms with van der Waals surface area (Å²) in [6, 6.07) is 4.20. The molecule has 17 heavy (non-hydrogen) atoms. The zero-order valence-corrected chi connectivity index (χ0v) is 10.1. The third-order valence-corrected chi connectivity index (χ3v) is 3.49. The third kappa shape index (κ3) is 2.13. The Kier molecular flexibility index (Phi) is 2.73. The molecule has 1 aromatic rings. The minimum Gasteiger partial charge on any atom is -0.347 e. The molecule has 0 atom stereocenters. The van der Waals surface area contributed by atoms with Crippen LogP contribution in [-0.2, 0) is 9.47 Å². The average Bonchev–Trinajstić information content (AvgIpc) is 2.80. The van der Waals surface area contributed by atoms with Crippen molar-refractivity contribution in [3.05, 3.63) is 35.7 Å². The van der Waals surface area contributed by atoms with Gasteiger partial charge in [0.1, 0.15) is 0 Å². The zero-order chi connectivity index (χ0) is 11.7. The minimum absolute atomic E-state index is 0.325. The van der Waals surface area contributed by atoms with Crippen molar-refractivity contribution in [2.45, 2.75) is 32.0 Å². The molecule has 0 radical (unpaired) electrons. The van der Waals surface area contributed by atoms with Crippen LogP contribution in [0.5, 0.6) is 0 Å². The van der Waals surface area contributed by atoms with E-state index in [0.717, 1.165) is 38.2 Å². The van der Waals surface area contributed by atoms with Gasteiger partial charge in [-0.25, -0.2) is 0 Å². The molecule has 1 fully saturated rings. The van der Waals surface area contributed by atoms with E-state index in [-0.39, 0.29) is 5.79 Å². The highest BCUT2D eigenvalue weighted by molar-refractivity contribution is 5.63. The number of allylic oxidation sites excluding steroid dienone is 1. The second kappa shape index (κ2) is 4.24. The topological polar surface area (TPSA) is 31.4 Å². The van der Waals surface area contributed by atoms with Crippen LogP contribution in [0.25, 0.3) is 5.57 Å². The van der Waals surface area contributed by atoms with E-state index in [2.05, 4.69) is 30.1 Å². The normalized spacial score (nSPS) is 22.8. The van der Waals surface area contributed by atoms with Crippen LogP contribution in [0.1, 0.15) is 30.5 Å². The Morgan fingerprint density at radius 2 is 2.06 bits per heavy atom. The van der Waals surface area contributed by atoms with E-state index in [1.807, 2.05) is 6.20 Å². The van der Waals surface area contributed by atoms with Crippen molar-refractivity contribution in [1.82, 2.24) is 4.98 Å². The maximum atomic E-state index is 5.70. The highest BCUT2D eigenvalue weighted by Crippen LogP contribution is 2.37. The van der Waals surface area contributed by atoms with Crippen LogP contribution in [0.2, 0.25) is 0 Å². The summed E-state index contributed by atoms with van der Waals surface area (Å²) in [6.45, 7) is 3.51. The first-order valence-corrected chi connectivity index (χ1v) is 6.17. The molecule has 1 aliphatic carbocycles. The zero-order valence-electron chi connectivity index (χ0n) is 10.1. The van der Waals surface area contributed by atoms with Gasteiger partial charge in [-0.15, -0.1) is 0 Å². The molecule has 0 unspecified atom stereocenters. The van der Waals surface area contributed by atoms with Crippen LogP contribution in [-0.4, -0.2) is 24.0 Å². The molecule has 2 aliphatic rings. The molecule has 2 heterocycles. The first-order valence-electron chi connectivity index (χ1n) is 6.17. The molecule has 0 amide bonds.